The summed E-state index contributed by atoms with van der Waals surface area (Å²) in [6.07, 6.45) is 5.72. The van der Waals surface area contributed by atoms with E-state index in [2.05, 4.69) is 14.9 Å². The van der Waals surface area contributed by atoms with Crippen LogP contribution in [0.15, 0.2) is 42.7 Å². The summed E-state index contributed by atoms with van der Waals surface area (Å²) in [6.45, 7) is 9.77. The summed E-state index contributed by atoms with van der Waals surface area (Å²) in [7, 11) is 0. The average molecular weight is 355 g/mol. The van der Waals surface area contributed by atoms with E-state index in [1.165, 1.54) is 0 Å². The third-order valence-corrected chi connectivity index (χ3v) is 4.45. The highest BCUT2D eigenvalue weighted by Crippen LogP contribution is 2.24. The monoisotopic (exact) mass is 355 g/mol. The van der Waals surface area contributed by atoms with Crippen LogP contribution in [0.1, 0.15) is 39.3 Å². The van der Waals surface area contributed by atoms with Gasteiger partial charge in [0.05, 0.1) is 6.61 Å². The van der Waals surface area contributed by atoms with Crippen LogP contribution < -0.4 is 9.47 Å². The van der Waals surface area contributed by atoms with Crippen molar-refractivity contribution >= 4 is 0 Å². The maximum absolute atomic E-state index is 5.96. The third kappa shape index (κ3) is 5.70. The molecule has 5 heteroatoms. The molecule has 1 aromatic carbocycles. The molecule has 26 heavy (non-hydrogen) atoms. The fourth-order valence-electron chi connectivity index (χ4n) is 3.09. The molecule has 1 saturated heterocycles. The van der Waals surface area contributed by atoms with Crippen molar-refractivity contribution in [2.75, 3.05) is 19.7 Å². The zero-order chi connectivity index (χ0) is 18.4. The Bertz CT molecular complexity index is 677. The van der Waals surface area contributed by atoms with Gasteiger partial charge >= 0.3 is 0 Å². The number of piperidine rings is 1. The minimum Gasteiger partial charge on any atom is -0.493 e. The Labute approximate surface area is 156 Å². The molecule has 2 heterocycles. The summed E-state index contributed by atoms with van der Waals surface area (Å²) < 4.78 is 11.9. The first-order chi connectivity index (χ1) is 12.5. The van der Waals surface area contributed by atoms with Crippen molar-refractivity contribution in [1.82, 2.24) is 14.9 Å². The quantitative estimate of drug-likeness (QED) is 0.785. The van der Waals surface area contributed by atoms with Crippen molar-refractivity contribution in [3.8, 4) is 11.6 Å². The molecule has 3 rings (SSSR count). The van der Waals surface area contributed by atoms with Crippen LogP contribution in [0.2, 0.25) is 0 Å². The molecule has 0 amide bonds. The molecule has 2 aromatic rings. The average Bonchev–Trinajstić information content (AvgIpc) is 2.62. The van der Waals surface area contributed by atoms with Crippen LogP contribution >= 0.6 is 0 Å². The van der Waals surface area contributed by atoms with E-state index in [9.17, 15) is 0 Å². The van der Waals surface area contributed by atoms with Gasteiger partial charge in [0.2, 0.25) is 5.88 Å². The molecular weight excluding hydrogens is 326 g/mol. The molecule has 0 bridgehead atoms. The van der Waals surface area contributed by atoms with Gasteiger partial charge in [0.1, 0.15) is 17.0 Å². The maximum Gasteiger partial charge on any atom is 0.237 e. The van der Waals surface area contributed by atoms with Crippen molar-refractivity contribution < 1.29 is 9.47 Å². The molecule has 0 aliphatic carbocycles. The number of likely N-dealkylation sites (tertiary alicyclic amines) is 1. The van der Waals surface area contributed by atoms with Crippen LogP contribution in [-0.4, -0.2) is 40.2 Å². The minimum absolute atomic E-state index is 0.271. The number of rotatable bonds is 6. The largest absolute Gasteiger partial charge is 0.493 e. The molecule has 1 aromatic heterocycles. The van der Waals surface area contributed by atoms with Gasteiger partial charge in [-0.25, -0.2) is 4.98 Å². The van der Waals surface area contributed by atoms with Crippen molar-refractivity contribution in [3.05, 3.63) is 48.4 Å². The van der Waals surface area contributed by atoms with Crippen molar-refractivity contribution in [3.63, 3.8) is 0 Å². The van der Waals surface area contributed by atoms with Gasteiger partial charge in [0, 0.05) is 18.9 Å². The first-order valence-corrected chi connectivity index (χ1v) is 9.39. The maximum atomic E-state index is 5.96. The molecular formula is C21H29N3O2. The smallest absolute Gasteiger partial charge is 0.237 e. The number of hydrogen-bond acceptors (Lipinski definition) is 5. The van der Waals surface area contributed by atoms with Gasteiger partial charge in [-0.2, -0.15) is 0 Å². The Morgan fingerprint density at radius 1 is 1.04 bits per heavy atom. The zero-order valence-corrected chi connectivity index (χ0v) is 16.0. The standard InChI is InChI=1S/C21H29N3O2/c1-21(2,3)26-20-19(22-11-12-23-20)15-24-13-9-17(10-14-24)16-25-18-7-5-4-6-8-18/h4-8,11-12,17H,9-10,13-16H2,1-3H3. The fourth-order valence-corrected chi connectivity index (χ4v) is 3.09. The molecule has 0 atom stereocenters. The van der Waals surface area contributed by atoms with Gasteiger partial charge in [0.15, 0.2) is 0 Å². The number of para-hydroxylation sites is 1. The molecule has 0 radical (unpaired) electrons. The van der Waals surface area contributed by atoms with E-state index < -0.39 is 0 Å². The van der Waals surface area contributed by atoms with Crippen molar-refractivity contribution in [2.45, 2.75) is 45.8 Å². The second-order valence-corrected chi connectivity index (χ2v) is 7.87. The highest BCUT2D eigenvalue weighted by Gasteiger charge is 2.23. The summed E-state index contributed by atoms with van der Waals surface area (Å²) in [6, 6.07) is 10.1. The van der Waals surface area contributed by atoms with Crippen LogP contribution in [0.4, 0.5) is 0 Å². The van der Waals surface area contributed by atoms with Crippen LogP contribution in [0.25, 0.3) is 0 Å². The molecule has 1 aliphatic rings. The lowest BCUT2D eigenvalue weighted by Crippen LogP contribution is -2.35. The normalized spacial score (nSPS) is 16.4. The van der Waals surface area contributed by atoms with Crippen LogP contribution in [0.5, 0.6) is 11.6 Å². The van der Waals surface area contributed by atoms with E-state index in [1.54, 1.807) is 12.4 Å². The molecule has 140 valence electrons. The van der Waals surface area contributed by atoms with Gasteiger partial charge in [0.25, 0.3) is 0 Å². The Morgan fingerprint density at radius 2 is 1.73 bits per heavy atom. The summed E-state index contributed by atoms with van der Waals surface area (Å²) in [5.41, 5.74) is 0.647. The van der Waals surface area contributed by atoms with Gasteiger partial charge in [-0.3, -0.25) is 9.88 Å². The second-order valence-electron chi connectivity index (χ2n) is 7.87. The molecule has 1 fully saturated rings. The Hall–Kier alpha value is -2.14. The zero-order valence-electron chi connectivity index (χ0n) is 16.0. The van der Waals surface area contributed by atoms with Crippen LogP contribution in [-0.2, 0) is 6.54 Å². The lowest BCUT2D eigenvalue weighted by atomic mass is 9.97. The summed E-state index contributed by atoms with van der Waals surface area (Å²) in [5.74, 6) is 2.21. The van der Waals surface area contributed by atoms with E-state index in [1.807, 2.05) is 51.1 Å². The molecule has 0 unspecified atom stereocenters. The van der Waals surface area contributed by atoms with E-state index in [0.717, 1.165) is 50.5 Å². The Balaban J connectivity index is 1.48. The molecule has 1 aliphatic heterocycles. The van der Waals surface area contributed by atoms with E-state index in [4.69, 9.17) is 9.47 Å². The van der Waals surface area contributed by atoms with E-state index in [-0.39, 0.29) is 5.60 Å². The van der Waals surface area contributed by atoms with E-state index in [0.29, 0.717) is 11.8 Å². The Morgan fingerprint density at radius 3 is 2.42 bits per heavy atom. The highest BCUT2D eigenvalue weighted by molar-refractivity contribution is 5.21. The third-order valence-electron chi connectivity index (χ3n) is 4.45. The molecule has 0 N–H and O–H groups in total. The lowest BCUT2D eigenvalue weighted by Gasteiger charge is -2.32. The SMILES string of the molecule is CC(C)(C)Oc1nccnc1CN1CCC(COc2ccccc2)CC1. The summed E-state index contributed by atoms with van der Waals surface area (Å²) in [5, 5.41) is 0. The predicted octanol–water partition coefficient (Wildman–Crippen LogP) is 3.94. The first kappa shape index (κ1) is 18.6. The topological polar surface area (TPSA) is 47.5 Å². The fraction of sp³-hybridized carbons (Fsp3) is 0.524. The van der Waals surface area contributed by atoms with Crippen LogP contribution in [0.3, 0.4) is 0 Å². The van der Waals surface area contributed by atoms with Crippen molar-refractivity contribution in [2.24, 2.45) is 5.92 Å². The first-order valence-electron chi connectivity index (χ1n) is 9.39. The number of benzene rings is 1. The Kier molecular flexibility index (Phi) is 6.09. The highest BCUT2D eigenvalue weighted by atomic mass is 16.5. The van der Waals surface area contributed by atoms with E-state index >= 15 is 0 Å². The molecule has 5 nitrogen and oxygen atoms in total. The minimum atomic E-state index is -0.271. The van der Waals surface area contributed by atoms with Gasteiger partial charge in [-0.15, -0.1) is 0 Å². The van der Waals surface area contributed by atoms with Gasteiger partial charge in [-0.05, 0) is 64.8 Å². The summed E-state index contributed by atoms with van der Waals surface area (Å²) >= 11 is 0. The number of aromatic nitrogens is 2. The number of nitrogens with zero attached hydrogens (tertiary/aromatic N) is 3. The van der Waals surface area contributed by atoms with Crippen molar-refractivity contribution in [1.29, 1.82) is 0 Å². The second kappa shape index (κ2) is 8.49. The molecule has 0 spiro atoms. The predicted molar refractivity (Wildman–Crippen MR) is 102 cm³/mol. The number of ether oxygens (including phenoxy) is 2. The van der Waals surface area contributed by atoms with Crippen LogP contribution in [0, 0.1) is 5.92 Å². The number of hydrogen-bond donors (Lipinski definition) is 0. The van der Waals surface area contributed by atoms with Gasteiger partial charge < -0.3 is 9.47 Å². The van der Waals surface area contributed by atoms with Gasteiger partial charge in [-0.1, -0.05) is 18.2 Å². The lowest BCUT2D eigenvalue weighted by molar-refractivity contribution is 0.112. The summed E-state index contributed by atoms with van der Waals surface area (Å²) in [4.78, 5) is 11.3. The molecule has 0 saturated carbocycles.